The van der Waals surface area contributed by atoms with E-state index in [4.69, 9.17) is 4.42 Å². The summed E-state index contributed by atoms with van der Waals surface area (Å²) in [7, 11) is 0. The number of nitrogens with one attached hydrogen (secondary N) is 1. The van der Waals surface area contributed by atoms with Crippen molar-refractivity contribution in [1.82, 2.24) is 0 Å². The van der Waals surface area contributed by atoms with Crippen molar-refractivity contribution < 1.29 is 4.42 Å². The van der Waals surface area contributed by atoms with Gasteiger partial charge in [-0.25, -0.2) is 0 Å². The fraction of sp³-hybridized carbons (Fsp3) is 0.231. The highest BCUT2D eigenvalue weighted by Crippen LogP contribution is 2.32. The van der Waals surface area contributed by atoms with E-state index in [1.165, 1.54) is 11.3 Å². The van der Waals surface area contributed by atoms with E-state index in [9.17, 15) is 0 Å². The number of benzene rings is 1. The first-order valence-electron chi connectivity index (χ1n) is 5.31. The molecular weight excluding hydrogens is 186 g/mol. The summed E-state index contributed by atoms with van der Waals surface area (Å²) in [5.74, 6) is 1.03. The highest BCUT2D eigenvalue weighted by molar-refractivity contribution is 5.54. The third-order valence-electron chi connectivity index (χ3n) is 2.94. The minimum Gasteiger partial charge on any atom is -0.467 e. The first-order chi connectivity index (χ1) is 7.43. The number of rotatable bonds is 1. The predicted molar refractivity (Wildman–Crippen MR) is 59.8 cm³/mol. The van der Waals surface area contributed by atoms with Crippen LogP contribution in [0, 0.1) is 0 Å². The summed E-state index contributed by atoms with van der Waals surface area (Å²) in [4.78, 5) is 0. The predicted octanol–water partition coefficient (Wildman–Crippen LogP) is 3.38. The first kappa shape index (κ1) is 8.60. The molecule has 0 aliphatic carbocycles. The maximum absolute atomic E-state index is 5.43. The van der Waals surface area contributed by atoms with Crippen LogP contribution in [0.2, 0.25) is 0 Å². The van der Waals surface area contributed by atoms with Gasteiger partial charge in [0, 0.05) is 5.69 Å². The largest absolute Gasteiger partial charge is 0.467 e. The highest BCUT2D eigenvalue weighted by Gasteiger charge is 2.20. The molecule has 0 saturated heterocycles. The van der Waals surface area contributed by atoms with Crippen LogP contribution in [-0.2, 0) is 6.42 Å². The van der Waals surface area contributed by atoms with Crippen LogP contribution in [0.5, 0.6) is 0 Å². The highest BCUT2D eigenvalue weighted by atomic mass is 16.3. The summed E-state index contributed by atoms with van der Waals surface area (Å²) in [6.07, 6.45) is 3.95. The molecular formula is C13H13NO. The molecule has 2 aromatic rings. The van der Waals surface area contributed by atoms with Crippen LogP contribution in [0.25, 0.3) is 0 Å². The molecule has 1 aliphatic rings. The Kier molecular flexibility index (Phi) is 1.98. The van der Waals surface area contributed by atoms with Crippen LogP contribution in [0.3, 0.4) is 0 Å². The smallest absolute Gasteiger partial charge is 0.125 e. The zero-order valence-corrected chi connectivity index (χ0v) is 8.44. The average molecular weight is 199 g/mol. The van der Waals surface area contributed by atoms with Crippen LogP contribution in [0.15, 0.2) is 47.1 Å². The van der Waals surface area contributed by atoms with Gasteiger partial charge in [0.05, 0.1) is 12.3 Å². The number of hydrogen-bond acceptors (Lipinski definition) is 2. The van der Waals surface area contributed by atoms with Crippen molar-refractivity contribution in [2.45, 2.75) is 18.9 Å². The van der Waals surface area contributed by atoms with Gasteiger partial charge in [0.2, 0.25) is 0 Å². The lowest BCUT2D eigenvalue weighted by Crippen LogP contribution is -2.17. The van der Waals surface area contributed by atoms with Crippen molar-refractivity contribution in [1.29, 1.82) is 0 Å². The quantitative estimate of drug-likeness (QED) is 0.761. The van der Waals surface area contributed by atoms with Gasteiger partial charge in [-0.2, -0.15) is 0 Å². The average Bonchev–Trinajstić information content (AvgIpc) is 2.82. The summed E-state index contributed by atoms with van der Waals surface area (Å²) in [6, 6.07) is 12.8. The molecule has 0 spiro atoms. The van der Waals surface area contributed by atoms with E-state index in [0.717, 1.165) is 18.6 Å². The first-order valence-corrected chi connectivity index (χ1v) is 5.31. The van der Waals surface area contributed by atoms with Crippen molar-refractivity contribution in [3.05, 3.63) is 54.0 Å². The number of aryl methyl sites for hydroxylation is 1. The van der Waals surface area contributed by atoms with Gasteiger partial charge in [0.25, 0.3) is 0 Å². The van der Waals surface area contributed by atoms with Crippen molar-refractivity contribution in [2.75, 3.05) is 5.32 Å². The molecule has 15 heavy (non-hydrogen) atoms. The second kappa shape index (κ2) is 3.46. The summed E-state index contributed by atoms with van der Waals surface area (Å²) in [6.45, 7) is 0. The number of hydrogen-bond donors (Lipinski definition) is 1. The molecule has 1 aromatic carbocycles. The zero-order chi connectivity index (χ0) is 10.1. The molecule has 0 radical (unpaired) electrons. The summed E-state index contributed by atoms with van der Waals surface area (Å²) >= 11 is 0. The Morgan fingerprint density at radius 2 is 2.07 bits per heavy atom. The second-order valence-electron chi connectivity index (χ2n) is 3.91. The minimum atomic E-state index is 0.329. The number of furan rings is 1. The van der Waals surface area contributed by atoms with Crippen LogP contribution < -0.4 is 5.32 Å². The maximum atomic E-state index is 5.43. The molecule has 0 saturated carbocycles. The summed E-state index contributed by atoms with van der Waals surface area (Å²) < 4.78 is 5.43. The van der Waals surface area contributed by atoms with Crippen molar-refractivity contribution in [3.8, 4) is 0 Å². The van der Waals surface area contributed by atoms with E-state index in [1.807, 2.05) is 12.1 Å². The number of para-hydroxylation sites is 1. The monoisotopic (exact) mass is 199 g/mol. The lowest BCUT2D eigenvalue weighted by Gasteiger charge is -2.25. The molecule has 1 N–H and O–H groups in total. The Labute approximate surface area is 88.9 Å². The molecule has 3 rings (SSSR count). The number of anilines is 1. The van der Waals surface area contributed by atoms with Gasteiger partial charge in [0.1, 0.15) is 5.76 Å². The number of fused-ring (bicyclic) bond motifs is 1. The minimum absolute atomic E-state index is 0.329. The molecule has 0 amide bonds. The van der Waals surface area contributed by atoms with E-state index < -0.39 is 0 Å². The zero-order valence-electron chi connectivity index (χ0n) is 8.44. The molecule has 1 aliphatic heterocycles. The van der Waals surface area contributed by atoms with Crippen LogP contribution in [0.1, 0.15) is 23.8 Å². The van der Waals surface area contributed by atoms with E-state index in [1.54, 1.807) is 6.26 Å². The Morgan fingerprint density at radius 3 is 2.93 bits per heavy atom. The lowest BCUT2D eigenvalue weighted by atomic mass is 9.97. The van der Waals surface area contributed by atoms with E-state index in [-0.39, 0.29) is 0 Å². The van der Waals surface area contributed by atoms with Gasteiger partial charge < -0.3 is 9.73 Å². The molecule has 2 heteroatoms. The molecule has 76 valence electrons. The van der Waals surface area contributed by atoms with E-state index in [2.05, 4.69) is 29.6 Å². The molecule has 2 nitrogen and oxygen atoms in total. The Morgan fingerprint density at radius 1 is 1.13 bits per heavy atom. The fourth-order valence-electron chi connectivity index (χ4n) is 2.14. The second-order valence-corrected chi connectivity index (χ2v) is 3.91. The third kappa shape index (κ3) is 1.52. The van der Waals surface area contributed by atoms with Gasteiger partial charge in [-0.3, -0.25) is 0 Å². The molecule has 1 atom stereocenters. The van der Waals surface area contributed by atoms with Gasteiger partial charge >= 0.3 is 0 Å². The van der Waals surface area contributed by atoms with Crippen molar-refractivity contribution in [2.24, 2.45) is 0 Å². The maximum Gasteiger partial charge on any atom is 0.125 e. The standard InChI is InChI=1S/C13H13NO/c1-2-5-11-10(4-1)7-8-12(14-11)13-6-3-9-15-13/h1-6,9,12,14H,7-8H2. The lowest BCUT2D eigenvalue weighted by molar-refractivity contribution is 0.462. The Hall–Kier alpha value is -1.70. The Bertz CT molecular complexity index is 447. The van der Waals surface area contributed by atoms with Crippen LogP contribution in [0.4, 0.5) is 5.69 Å². The van der Waals surface area contributed by atoms with Gasteiger partial charge in [-0.1, -0.05) is 18.2 Å². The van der Waals surface area contributed by atoms with E-state index in [0.29, 0.717) is 6.04 Å². The summed E-state index contributed by atoms with van der Waals surface area (Å²) in [5.41, 5.74) is 2.64. The molecule has 2 heterocycles. The van der Waals surface area contributed by atoms with Crippen LogP contribution in [-0.4, -0.2) is 0 Å². The van der Waals surface area contributed by atoms with Crippen molar-refractivity contribution >= 4 is 5.69 Å². The van der Waals surface area contributed by atoms with Gasteiger partial charge in [-0.15, -0.1) is 0 Å². The normalized spacial score (nSPS) is 19.3. The van der Waals surface area contributed by atoms with Crippen molar-refractivity contribution in [3.63, 3.8) is 0 Å². The summed E-state index contributed by atoms with van der Waals surface area (Å²) in [5, 5.41) is 3.51. The Balaban J connectivity index is 1.89. The van der Waals surface area contributed by atoms with E-state index >= 15 is 0 Å². The molecule has 1 aromatic heterocycles. The molecule has 0 fully saturated rings. The fourth-order valence-corrected chi connectivity index (χ4v) is 2.14. The SMILES string of the molecule is c1coc(C2CCc3ccccc3N2)c1. The molecule has 1 unspecified atom stereocenters. The van der Waals surface area contributed by atoms with Crippen LogP contribution >= 0.6 is 0 Å². The topological polar surface area (TPSA) is 25.2 Å². The molecule has 0 bridgehead atoms. The third-order valence-corrected chi connectivity index (χ3v) is 2.94. The van der Waals surface area contributed by atoms with Gasteiger partial charge in [0.15, 0.2) is 0 Å². The van der Waals surface area contributed by atoms with Gasteiger partial charge in [-0.05, 0) is 36.6 Å².